The largest absolute Gasteiger partial charge is 0.348 e. The molecule has 2 heteroatoms. The first-order chi connectivity index (χ1) is 11.7. The minimum atomic E-state index is -0.144. The fourth-order valence-electron chi connectivity index (χ4n) is 3.59. The first-order valence-corrected chi connectivity index (χ1v) is 9.96. The molecule has 1 nitrogen and oxygen atoms in total. The molecule has 1 aromatic heterocycles. The number of unbranched alkanes of at least 4 members (excludes halogenated alkanes) is 10. The second kappa shape index (κ2) is 10.5. The highest BCUT2D eigenvalue weighted by atomic mass is 19.1. The monoisotopic (exact) mass is 331 g/mol. The Bertz CT molecular complexity index is 599. The van der Waals surface area contributed by atoms with Gasteiger partial charge in [0.2, 0.25) is 0 Å². The first kappa shape index (κ1) is 19.0. The Morgan fingerprint density at radius 1 is 0.792 bits per heavy atom. The number of halogens is 1. The van der Waals surface area contributed by atoms with Gasteiger partial charge in [0.15, 0.2) is 0 Å². The third-order valence-corrected chi connectivity index (χ3v) is 5.14. The number of benzene rings is 1. The van der Waals surface area contributed by atoms with Crippen LogP contribution >= 0.6 is 0 Å². The molecule has 1 aromatic carbocycles. The van der Waals surface area contributed by atoms with Gasteiger partial charge in [-0.15, -0.1) is 0 Å². The van der Waals surface area contributed by atoms with Crippen LogP contribution in [0.2, 0.25) is 0 Å². The molecule has 2 aromatic rings. The van der Waals surface area contributed by atoms with Gasteiger partial charge in [-0.2, -0.15) is 0 Å². The summed E-state index contributed by atoms with van der Waals surface area (Å²) in [6.45, 7) is 2.27. The van der Waals surface area contributed by atoms with Gasteiger partial charge in [-0.1, -0.05) is 71.1 Å². The Balaban J connectivity index is 1.57. The van der Waals surface area contributed by atoms with Crippen molar-refractivity contribution in [3.05, 3.63) is 35.8 Å². The molecule has 0 aliphatic rings. The molecule has 0 amide bonds. The molecule has 0 saturated carbocycles. The predicted octanol–water partition coefficient (Wildman–Crippen LogP) is 7.17. The average molecular weight is 332 g/mol. The Morgan fingerprint density at radius 3 is 2.00 bits per heavy atom. The van der Waals surface area contributed by atoms with E-state index in [1.165, 1.54) is 76.3 Å². The number of rotatable bonds is 12. The van der Waals surface area contributed by atoms with Gasteiger partial charge in [0, 0.05) is 23.6 Å². The molecular formula is C22H34FN. The van der Waals surface area contributed by atoms with Crippen LogP contribution in [0.15, 0.2) is 24.3 Å². The molecule has 0 radical (unpaired) electrons. The third-order valence-electron chi connectivity index (χ3n) is 5.14. The van der Waals surface area contributed by atoms with Crippen molar-refractivity contribution in [3.63, 3.8) is 0 Å². The molecule has 0 unspecified atom stereocenters. The lowest BCUT2D eigenvalue weighted by Gasteiger charge is -2.05. The summed E-state index contributed by atoms with van der Waals surface area (Å²) in [5.41, 5.74) is 2.46. The molecule has 0 saturated heterocycles. The second-order valence-electron chi connectivity index (χ2n) is 7.18. The molecule has 0 fully saturated rings. The fraction of sp³-hybridized carbons (Fsp3) is 0.636. The molecular weight excluding hydrogens is 297 g/mol. The summed E-state index contributed by atoms with van der Waals surface area (Å²) < 4.78 is 15.5. The minimum absolute atomic E-state index is 0.144. The first-order valence-electron chi connectivity index (χ1n) is 9.96. The maximum Gasteiger partial charge on any atom is 0.123 e. The zero-order valence-electron chi connectivity index (χ0n) is 15.6. The summed E-state index contributed by atoms with van der Waals surface area (Å²) in [6, 6.07) is 7.22. The van der Waals surface area contributed by atoms with Crippen molar-refractivity contribution in [2.45, 2.75) is 84.0 Å². The molecule has 0 N–H and O–H groups in total. The molecule has 24 heavy (non-hydrogen) atoms. The third kappa shape index (κ3) is 5.96. The standard InChI is InChI=1S/C22H34FN/c1-3-4-5-6-7-8-9-10-11-12-13-14-21-18-19-17-20(23)15-16-22(19)24(21)2/h15-18H,3-14H2,1-2H3. The van der Waals surface area contributed by atoms with Gasteiger partial charge in [-0.25, -0.2) is 4.39 Å². The van der Waals surface area contributed by atoms with Crippen LogP contribution in [0.1, 0.15) is 83.2 Å². The maximum absolute atomic E-state index is 13.3. The van der Waals surface area contributed by atoms with Crippen molar-refractivity contribution in [2.75, 3.05) is 0 Å². The fourth-order valence-corrected chi connectivity index (χ4v) is 3.59. The van der Waals surface area contributed by atoms with E-state index in [4.69, 9.17) is 0 Å². The molecule has 0 spiro atoms. The normalized spacial score (nSPS) is 11.5. The van der Waals surface area contributed by atoms with Crippen LogP contribution < -0.4 is 0 Å². The summed E-state index contributed by atoms with van der Waals surface area (Å²) in [5, 5.41) is 1.02. The van der Waals surface area contributed by atoms with Crippen molar-refractivity contribution in [3.8, 4) is 0 Å². The van der Waals surface area contributed by atoms with Gasteiger partial charge in [-0.3, -0.25) is 0 Å². The van der Waals surface area contributed by atoms with E-state index >= 15 is 0 Å². The van der Waals surface area contributed by atoms with E-state index in [-0.39, 0.29) is 5.82 Å². The van der Waals surface area contributed by atoms with Crippen molar-refractivity contribution >= 4 is 10.9 Å². The number of nitrogens with zero attached hydrogens (tertiary/aromatic N) is 1. The SMILES string of the molecule is CCCCCCCCCCCCCc1cc2cc(F)ccc2n1C. The Labute approximate surface area is 147 Å². The smallest absolute Gasteiger partial charge is 0.123 e. The van der Waals surface area contributed by atoms with E-state index in [0.29, 0.717) is 0 Å². The van der Waals surface area contributed by atoms with Crippen LogP contribution in [0.25, 0.3) is 10.9 Å². The van der Waals surface area contributed by atoms with E-state index in [2.05, 4.69) is 24.6 Å². The van der Waals surface area contributed by atoms with Crippen molar-refractivity contribution in [2.24, 2.45) is 7.05 Å². The lowest BCUT2D eigenvalue weighted by molar-refractivity contribution is 0.548. The van der Waals surface area contributed by atoms with E-state index in [1.54, 1.807) is 12.1 Å². The summed E-state index contributed by atoms with van der Waals surface area (Å²) in [4.78, 5) is 0. The average Bonchev–Trinajstić information content (AvgIpc) is 2.88. The van der Waals surface area contributed by atoms with E-state index < -0.39 is 0 Å². The quantitative estimate of drug-likeness (QED) is 0.363. The number of hydrogen-bond acceptors (Lipinski definition) is 0. The Morgan fingerprint density at radius 2 is 1.38 bits per heavy atom. The van der Waals surface area contributed by atoms with Gasteiger partial charge >= 0.3 is 0 Å². The van der Waals surface area contributed by atoms with Crippen LogP contribution in [0.3, 0.4) is 0 Å². The van der Waals surface area contributed by atoms with Crippen LogP contribution in [0.5, 0.6) is 0 Å². The zero-order valence-corrected chi connectivity index (χ0v) is 15.6. The zero-order chi connectivity index (χ0) is 17.2. The van der Waals surface area contributed by atoms with Crippen molar-refractivity contribution in [1.82, 2.24) is 4.57 Å². The molecule has 0 aliphatic heterocycles. The lowest BCUT2D eigenvalue weighted by atomic mass is 10.0. The maximum atomic E-state index is 13.3. The molecule has 0 aliphatic carbocycles. The van der Waals surface area contributed by atoms with Crippen molar-refractivity contribution in [1.29, 1.82) is 0 Å². The molecule has 0 bridgehead atoms. The minimum Gasteiger partial charge on any atom is -0.348 e. The van der Waals surface area contributed by atoms with E-state index in [9.17, 15) is 4.39 Å². The molecule has 0 atom stereocenters. The summed E-state index contributed by atoms with van der Waals surface area (Å²) in [6.07, 6.45) is 16.2. The molecule has 1 heterocycles. The van der Waals surface area contributed by atoms with Gasteiger partial charge < -0.3 is 4.57 Å². The molecule has 134 valence electrons. The lowest BCUT2D eigenvalue weighted by Crippen LogP contribution is -1.96. The number of fused-ring (bicyclic) bond motifs is 1. The number of aryl methyl sites for hydroxylation is 2. The van der Waals surface area contributed by atoms with Crippen molar-refractivity contribution < 1.29 is 4.39 Å². The Kier molecular flexibility index (Phi) is 8.35. The van der Waals surface area contributed by atoms with Crippen LogP contribution in [-0.4, -0.2) is 4.57 Å². The second-order valence-corrected chi connectivity index (χ2v) is 7.18. The van der Waals surface area contributed by atoms with Crippen LogP contribution in [0, 0.1) is 5.82 Å². The van der Waals surface area contributed by atoms with Gasteiger partial charge in [0.1, 0.15) is 5.82 Å². The van der Waals surface area contributed by atoms with Gasteiger partial charge in [0.25, 0.3) is 0 Å². The molecule has 2 rings (SSSR count). The Hall–Kier alpha value is -1.31. The number of hydrogen-bond donors (Lipinski definition) is 0. The van der Waals surface area contributed by atoms with E-state index in [1.807, 2.05) is 6.07 Å². The summed E-state index contributed by atoms with van der Waals surface area (Å²) >= 11 is 0. The van der Waals surface area contributed by atoms with E-state index in [0.717, 1.165) is 17.3 Å². The summed E-state index contributed by atoms with van der Waals surface area (Å²) in [5.74, 6) is -0.144. The topological polar surface area (TPSA) is 4.93 Å². The van der Waals surface area contributed by atoms with Gasteiger partial charge in [-0.05, 0) is 37.1 Å². The van der Waals surface area contributed by atoms with Crippen LogP contribution in [0.4, 0.5) is 4.39 Å². The highest BCUT2D eigenvalue weighted by molar-refractivity contribution is 5.81. The highest BCUT2D eigenvalue weighted by Crippen LogP contribution is 2.21. The number of aromatic nitrogens is 1. The predicted molar refractivity (Wildman–Crippen MR) is 103 cm³/mol. The summed E-state index contributed by atoms with van der Waals surface area (Å²) in [7, 11) is 2.09. The highest BCUT2D eigenvalue weighted by Gasteiger charge is 2.06. The van der Waals surface area contributed by atoms with Gasteiger partial charge in [0.05, 0.1) is 0 Å². The van der Waals surface area contributed by atoms with Crippen LogP contribution in [-0.2, 0) is 13.5 Å².